The van der Waals surface area contributed by atoms with E-state index in [1.54, 1.807) is 0 Å². The van der Waals surface area contributed by atoms with Gasteiger partial charge in [-0.1, -0.05) is 6.08 Å². The highest BCUT2D eigenvalue weighted by Crippen LogP contribution is 2.15. The average Bonchev–Trinajstić information content (AvgIpc) is 2.51. The van der Waals surface area contributed by atoms with Crippen LogP contribution < -0.4 is 5.73 Å². The molecule has 4 N–H and O–H groups in total. The van der Waals surface area contributed by atoms with Crippen LogP contribution in [0.1, 0.15) is 12.2 Å². The molecule has 15 heavy (non-hydrogen) atoms. The minimum atomic E-state index is -1.28. The Bertz CT molecular complexity index is 426. The third kappa shape index (κ3) is 3.02. The number of hydrogen-bond acceptors (Lipinski definition) is 6. The summed E-state index contributed by atoms with van der Waals surface area (Å²) in [5.41, 5.74) is 5.02. The molecule has 0 aliphatic carbocycles. The van der Waals surface area contributed by atoms with E-state index in [1.165, 1.54) is 0 Å². The van der Waals surface area contributed by atoms with Gasteiger partial charge >= 0.3 is 11.9 Å². The number of nitrogens with two attached hydrogens (primary N) is 1. The third-order valence-corrected chi connectivity index (χ3v) is 1.94. The Balaban J connectivity index is 2.98. The highest BCUT2D eigenvalue weighted by Gasteiger charge is 2.15. The number of aromatic nitrogens is 2. The van der Waals surface area contributed by atoms with Crippen LogP contribution >= 0.6 is 11.5 Å². The SMILES string of the molecule is Nc1nc(/C(=C/CC(=O)O)C(=O)O)ns1. The maximum absolute atomic E-state index is 10.7. The summed E-state index contributed by atoms with van der Waals surface area (Å²) in [7, 11) is 0. The zero-order chi connectivity index (χ0) is 11.4. The third-order valence-electron chi connectivity index (χ3n) is 1.39. The maximum Gasteiger partial charge on any atom is 0.339 e. The molecule has 0 atom stereocenters. The highest BCUT2D eigenvalue weighted by atomic mass is 32.1. The smallest absolute Gasteiger partial charge is 0.339 e. The van der Waals surface area contributed by atoms with Gasteiger partial charge < -0.3 is 15.9 Å². The molecule has 0 spiro atoms. The van der Waals surface area contributed by atoms with Crippen molar-refractivity contribution in [2.75, 3.05) is 5.73 Å². The molecule has 1 heterocycles. The van der Waals surface area contributed by atoms with Crippen molar-refractivity contribution in [1.82, 2.24) is 9.36 Å². The summed E-state index contributed by atoms with van der Waals surface area (Å²) >= 11 is 0.849. The first-order valence-corrected chi connectivity index (χ1v) is 4.53. The van der Waals surface area contributed by atoms with Crippen LogP contribution in [0, 0.1) is 0 Å². The van der Waals surface area contributed by atoms with Gasteiger partial charge in [-0.3, -0.25) is 4.79 Å². The van der Waals surface area contributed by atoms with E-state index in [0.29, 0.717) is 0 Å². The van der Waals surface area contributed by atoms with Gasteiger partial charge in [-0.25, -0.2) is 4.79 Å². The number of nitrogen functional groups attached to an aromatic ring is 1. The number of nitrogens with zero attached hydrogens (tertiary/aromatic N) is 2. The molecule has 0 aromatic carbocycles. The lowest BCUT2D eigenvalue weighted by Crippen LogP contribution is -2.03. The summed E-state index contributed by atoms with van der Waals surface area (Å²) in [6.45, 7) is 0. The molecular formula is C7H7N3O4S. The van der Waals surface area contributed by atoms with Crippen molar-refractivity contribution in [2.45, 2.75) is 6.42 Å². The fourth-order valence-corrected chi connectivity index (χ4v) is 1.25. The summed E-state index contributed by atoms with van der Waals surface area (Å²) < 4.78 is 3.68. The number of carboxylic acid groups (broad SMARTS) is 2. The predicted octanol–water partition coefficient (Wildman–Crippen LogP) is 0.0630. The molecule has 0 radical (unpaired) electrons. The van der Waals surface area contributed by atoms with Gasteiger partial charge in [0.15, 0.2) is 11.0 Å². The number of carboxylic acids is 2. The van der Waals surface area contributed by atoms with Crippen molar-refractivity contribution < 1.29 is 19.8 Å². The van der Waals surface area contributed by atoms with Crippen LogP contribution in [0.4, 0.5) is 5.13 Å². The van der Waals surface area contributed by atoms with Gasteiger partial charge in [0.1, 0.15) is 5.57 Å². The van der Waals surface area contributed by atoms with Crippen molar-refractivity contribution in [1.29, 1.82) is 0 Å². The lowest BCUT2D eigenvalue weighted by atomic mass is 10.2. The van der Waals surface area contributed by atoms with E-state index < -0.39 is 18.4 Å². The van der Waals surface area contributed by atoms with E-state index in [0.717, 1.165) is 17.6 Å². The number of anilines is 1. The molecule has 1 aromatic heterocycles. The highest BCUT2D eigenvalue weighted by molar-refractivity contribution is 7.09. The first-order valence-electron chi connectivity index (χ1n) is 3.75. The van der Waals surface area contributed by atoms with Gasteiger partial charge in [-0.05, 0) is 0 Å². The van der Waals surface area contributed by atoms with E-state index in [2.05, 4.69) is 9.36 Å². The van der Waals surface area contributed by atoms with Gasteiger partial charge in [0, 0.05) is 11.5 Å². The molecule has 8 heteroatoms. The molecular weight excluding hydrogens is 222 g/mol. The van der Waals surface area contributed by atoms with Gasteiger partial charge in [-0.2, -0.15) is 9.36 Å². The molecule has 0 aliphatic heterocycles. The number of hydrogen-bond donors (Lipinski definition) is 3. The number of aliphatic carboxylic acids is 2. The van der Waals surface area contributed by atoms with Crippen LogP contribution in [0.15, 0.2) is 6.08 Å². The Kier molecular flexibility index (Phi) is 3.34. The van der Waals surface area contributed by atoms with Crippen LogP contribution in [0.2, 0.25) is 0 Å². The molecule has 0 unspecified atom stereocenters. The zero-order valence-corrected chi connectivity index (χ0v) is 8.19. The maximum atomic E-state index is 10.7. The fraction of sp³-hybridized carbons (Fsp3) is 0.143. The first-order chi connectivity index (χ1) is 7.00. The summed E-state index contributed by atoms with van der Waals surface area (Å²) in [6, 6.07) is 0. The Morgan fingerprint density at radius 3 is 2.53 bits per heavy atom. The van der Waals surface area contributed by atoms with E-state index >= 15 is 0 Å². The molecule has 0 saturated heterocycles. The summed E-state index contributed by atoms with van der Waals surface area (Å²) in [4.78, 5) is 24.7. The van der Waals surface area contributed by atoms with E-state index in [-0.39, 0.29) is 16.5 Å². The summed E-state index contributed by atoms with van der Waals surface area (Å²) in [6.07, 6.45) is 0.632. The second-order valence-electron chi connectivity index (χ2n) is 2.48. The van der Waals surface area contributed by atoms with Crippen molar-refractivity contribution in [2.24, 2.45) is 0 Å². The van der Waals surface area contributed by atoms with Gasteiger partial charge in [0.05, 0.1) is 6.42 Å². The lowest BCUT2D eigenvalue weighted by Gasteiger charge is -1.94. The normalized spacial score (nSPS) is 11.3. The Labute approximate surface area is 88.0 Å². The topological polar surface area (TPSA) is 126 Å². The van der Waals surface area contributed by atoms with Gasteiger partial charge in [0.25, 0.3) is 0 Å². The van der Waals surface area contributed by atoms with Crippen molar-refractivity contribution >= 4 is 34.2 Å². The van der Waals surface area contributed by atoms with Crippen LogP contribution in [0.5, 0.6) is 0 Å². The van der Waals surface area contributed by atoms with E-state index in [4.69, 9.17) is 15.9 Å². The molecule has 0 aliphatic rings. The largest absolute Gasteiger partial charge is 0.481 e. The van der Waals surface area contributed by atoms with Crippen molar-refractivity contribution in [3.63, 3.8) is 0 Å². The van der Waals surface area contributed by atoms with Gasteiger partial charge in [-0.15, -0.1) is 0 Å². The monoisotopic (exact) mass is 229 g/mol. The molecule has 1 aromatic rings. The summed E-state index contributed by atoms with van der Waals surface area (Å²) in [5, 5.41) is 17.3. The number of rotatable bonds is 4. The molecule has 0 amide bonds. The van der Waals surface area contributed by atoms with E-state index in [9.17, 15) is 9.59 Å². The van der Waals surface area contributed by atoms with Crippen molar-refractivity contribution in [3.8, 4) is 0 Å². The van der Waals surface area contributed by atoms with Gasteiger partial charge in [0.2, 0.25) is 0 Å². The standard InChI is InChI=1S/C7H7N3O4S/c8-7-9-5(10-15-7)3(6(13)14)1-2-4(11)12/h1H,2H2,(H,11,12)(H,13,14)(H2,8,9,10)/b3-1-. The quantitative estimate of drug-likeness (QED) is 0.623. The molecule has 0 saturated carbocycles. The van der Waals surface area contributed by atoms with Crippen LogP contribution in [0.25, 0.3) is 5.57 Å². The second kappa shape index (κ2) is 4.51. The minimum absolute atomic E-state index is 0.0637. The fourth-order valence-electron chi connectivity index (χ4n) is 0.808. The molecule has 0 fully saturated rings. The first kappa shape index (κ1) is 11.1. The molecule has 80 valence electrons. The Hall–Kier alpha value is -1.96. The van der Waals surface area contributed by atoms with Crippen LogP contribution in [-0.2, 0) is 9.59 Å². The van der Waals surface area contributed by atoms with E-state index in [1.807, 2.05) is 0 Å². The van der Waals surface area contributed by atoms with Crippen LogP contribution in [-0.4, -0.2) is 31.5 Å². The minimum Gasteiger partial charge on any atom is -0.481 e. The Morgan fingerprint density at radius 2 is 2.13 bits per heavy atom. The lowest BCUT2D eigenvalue weighted by molar-refractivity contribution is -0.136. The predicted molar refractivity (Wildman–Crippen MR) is 52.2 cm³/mol. The molecule has 7 nitrogen and oxygen atoms in total. The molecule has 1 rings (SSSR count). The Morgan fingerprint density at radius 1 is 1.47 bits per heavy atom. The average molecular weight is 229 g/mol. The number of carbonyl (C=O) groups is 2. The zero-order valence-electron chi connectivity index (χ0n) is 7.38. The molecule has 0 bridgehead atoms. The van der Waals surface area contributed by atoms with Crippen LogP contribution in [0.3, 0.4) is 0 Å². The summed E-state index contributed by atoms with van der Waals surface area (Å²) in [5.74, 6) is -2.47. The van der Waals surface area contributed by atoms with Crippen molar-refractivity contribution in [3.05, 3.63) is 11.9 Å². The second-order valence-corrected chi connectivity index (χ2v) is 3.26.